The quantitative estimate of drug-likeness (QED) is 0.604. The van der Waals surface area contributed by atoms with Crippen molar-refractivity contribution in [3.05, 3.63) is 48.8 Å². The van der Waals surface area contributed by atoms with Gasteiger partial charge in [0.2, 0.25) is 0 Å². The Kier molecular flexibility index (Phi) is 5.66. The minimum Gasteiger partial charge on any atom is -0.497 e. The Morgan fingerprint density at radius 3 is 2.67 bits per heavy atom. The van der Waals surface area contributed by atoms with Gasteiger partial charge in [0, 0.05) is 29.4 Å². The molecule has 27 heavy (non-hydrogen) atoms. The van der Waals surface area contributed by atoms with Crippen LogP contribution in [0, 0.1) is 0 Å². The first-order valence-corrected chi connectivity index (χ1v) is 9.66. The number of thioether (sulfide) groups is 1. The van der Waals surface area contributed by atoms with Crippen LogP contribution in [0.4, 0.5) is 0 Å². The summed E-state index contributed by atoms with van der Waals surface area (Å²) < 4.78 is 18.2. The molecule has 1 aromatic carbocycles. The molecule has 0 aliphatic carbocycles. The van der Waals surface area contributed by atoms with Crippen LogP contribution in [0.3, 0.4) is 0 Å². The van der Waals surface area contributed by atoms with E-state index in [-0.39, 0.29) is 6.10 Å². The van der Waals surface area contributed by atoms with Crippen molar-refractivity contribution >= 4 is 11.8 Å². The van der Waals surface area contributed by atoms with Crippen LogP contribution in [0.1, 0.15) is 6.42 Å². The summed E-state index contributed by atoms with van der Waals surface area (Å²) >= 11 is 1.64. The van der Waals surface area contributed by atoms with Gasteiger partial charge in [0.25, 0.3) is 0 Å². The number of nitrogens with zero attached hydrogens (tertiary/aromatic N) is 4. The molecule has 0 amide bonds. The Morgan fingerprint density at radius 1 is 1.15 bits per heavy atom. The predicted molar refractivity (Wildman–Crippen MR) is 102 cm³/mol. The largest absolute Gasteiger partial charge is 0.497 e. The monoisotopic (exact) mass is 384 g/mol. The van der Waals surface area contributed by atoms with Gasteiger partial charge in [-0.3, -0.25) is 9.55 Å². The van der Waals surface area contributed by atoms with Crippen molar-refractivity contribution in [2.45, 2.75) is 17.7 Å². The van der Waals surface area contributed by atoms with Crippen molar-refractivity contribution in [2.75, 3.05) is 26.3 Å². The summed E-state index contributed by atoms with van der Waals surface area (Å²) in [7, 11) is 1.66. The number of hydrogen-bond acceptors (Lipinski definition) is 7. The highest BCUT2D eigenvalue weighted by molar-refractivity contribution is 7.99. The Morgan fingerprint density at radius 2 is 1.96 bits per heavy atom. The lowest BCUT2D eigenvalue weighted by atomic mass is 10.2. The van der Waals surface area contributed by atoms with Crippen LogP contribution in [0.5, 0.6) is 5.75 Å². The fourth-order valence-electron chi connectivity index (χ4n) is 2.82. The van der Waals surface area contributed by atoms with Crippen LogP contribution in [0.25, 0.3) is 17.1 Å². The van der Waals surface area contributed by atoms with Gasteiger partial charge < -0.3 is 14.2 Å². The van der Waals surface area contributed by atoms with Crippen molar-refractivity contribution in [1.82, 2.24) is 19.7 Å². The van der Waals surface area contributed by atoms with Crippen LogP contribution in [-0.2, 0) is 9.47 Å². The zero-order valence-corrected chi connectivity index (χ0v) is 15.8. The minimum atomic E-state index is 0.161. The third-order valence-corrected chi connectivity index (χ3v) is 5.33. The third-order valence-electron chi connectivity index (χ3n) is 4.27. The van der Waals surface area contributed by atoms with Gasteiger partial charge in [-0.1, -0.05) is 11.8 Å². The summed E-state index contributed by atoms with van der Waals surface area (Å²) in [4.78, 5) is 4.09. The molecule has 140 valence electrons. The molecular weight excluding hydrogens is 364 g/mol. The number of hydrogen-bond donors (Lipinski definition) is 0. The second-order valence-electron chi connectivity index (χ2n) is 5.99. The van der Waals surface area contributed by atoms with Crippen molar-refractivity contribution < 1.29 is 14.2 Å². The molecule has 3 heterocycles. The van der Waals surface area contributed by atoms with Crippen LogP contribution in [0.2, 0.25) is 0 Å². The highest BCUT2D eigenvalue weighted by Crippen LogP contribution is 2.29. The third kappa shape index (κ3) is 4.13. The van der Waals surface area contributed by atoms with Gasteiger partial charge in [-0.25, -0.2) is 0 Å². The van der Waals surface area contributed by atoms with Crippen molar-refractivity contribution in [2.24, 2.45) is 0 Å². The van der Waals surface area contributed by atoms with Gasteiger partial charge in [-0.15, -0.1) is 10.2 Å². The van der Waals surface area contributed by atoms with E-state index in [9.17, 15) is 0 Å². The SMILES string of the molecule is COc1ccc(-n2c(SCC3CCOCO3)nnc2-c2ccncc2)cc1. The Bertz CT molecular complexity index is 864. The zero-order valence-electron chi connectivity index (χ0n) is 14.9. The van der Waals surface area contributed by atoms with Gasteiger partial charge in [0.1, 0.15) is 12.5 Å². The number of rotatable bonds is 6. The summed E-state index contributed by atoms with van der Waals surface area (Å²) in [5, 5.41) is 9.69. The summed E-state index contributed by atoms with van der Waals surface area (Å²) in [6.07, 6.45) is 4.56. The molecule has 1 fully saturated rings. The molecule has 2 aromatic heterocycles. The maximum Gasteiger partial charge on any atom is 0.196 e. The van der Waals surface area contributed by atoms with E-state index < -0.39 is 0 Å². The van der Waals surface area contributed by atoms with E-state index in [0.717, 1.165) is 46.8 Å². The number of benzene rings is 1. The van der Waals surface area contributed by atoms with Crippen LogP contribution >= 0.6 is 11.8 Å². The van der Waals surface area contributed by atoms with E-state index in [4.69, 9.17) is 14.2 Å². The summed E-state index contributed by atoms with van der Waals surface area (Å²) in [6.45, 7) is 1.09. The smallest absolute Gasteiger partial charge is 0.196 e. The number of pyridine rings is 1. The van der Waals surface area contributed by atoms with E-state index >= 15 is 0 Å². The van der Waals surface area contributed by atoms with E-state index in [0.29, 0.717) is 6.79 Å². The molecule has 1 atom stereocenters. The van der Waals surface area contributed by atoms with Gasteiger partial charge in [-0.05, 0) is 42.8 Å². The van der Waals surface area contributed by atoms with Crippen LogP contribution < -0.4 is 4.74 Å². The predicted octanol–water partition coefficient (Wildman–Crippen LogP) is 3.19. The first-order valence-electron chi connectivity index (χ1n) is 8.67. The number of methoxy groups -OCH3 is 1. The molecule has 1 unspecified atom stereocenters. The minimum absolute atomic E-state index is 0.161. The molecule has 1 saturated heterocycles. The van der Waals surface area contributed by atoms with Crippen molar-refractivity contribution in [3.63, 3.8) is 0 Å². The summed E-state index contributed by atoms with van der Waals surface area (Å²) in [5.41, 5.74) is 1.94. The molecule has 1 aliphatic heterocycles. The molecule has 4 rings (SSSR count). The average Bonchev–Trinajstić information content (AvgIpc) is 3.17. The molecule has 7 nitrogen and oxygen atoms in total. The van der Waals surface area contributed by atoms with Crippen LogP contribution in [0.15, 0.2) is 53.9 Å². The molecule has 0 spiro atoms. The fraction of sp³-hybridized carbons (Fsp3) is 0.316. The second-order valence-corrected chi connectivity index (χ2v) is 6.98. The van der Waals surface area contributed by atoms with E-state index in [1.54, 1.807) is 31.3 Å². The Balaban J connectivity index is 1.66. The van der Waals surface area contributed by atoms with Crippen molar-refractivity contribution in [3.8, 4) is 22.8 Å². The fourth-order valence-corrected chi connectivity index (χ4v) is 3.83. The van der Waals surface area contributed by atoms with Gasteiger partial charge in [0.15, 0.2) is 11.0 Å². The van der Waals surface area contributed by atoms with E-state index in [1.165, 1.54) is 0 Å². The summed E-state index contributed by atoms with van der Waals surface area (Å²) in [6, 6.07) is 11.7. The lowest BCUT2D eigenvalue weighted by Crippen LogP contribution is -2.25. The second kappa shape index (κ2) is 8.51. The lowest BCUT2D eigenvalue weighted by Gasteiger charge is -2.22. The van der Waals surface area contributed by atoms with Gasteiger partial charge in [-0.2, -0.15) is 0 Å². The Labute approximate surface area is 161 Å². The highest BCUT2D eigenvalue weighted by atomic mass is 32.2. The molecule has 0 bridgehead atoms. The maximum absolute atomic E-state index is 5.64. The highest BCUT2D eigenvalue weighted by Gasteiger charge is 2.20. The normalized spacial score (nSPS) is 17.0. The zero-order chi connectivity index (χ0) is 18.5. The van der Waals surface area contributed by atoms with Crippen molar-refractivity contribution in [1.29, 1.82) is 0 Å². The Hall–Kier alpha value is -2.42. The average molecular weight is 384 g/mol. The molecule has 8 heteroatoms. The maximum atomic E-state index is 5.64. The van der Waals surface area contributed by atoms with Gasteiger partial charge >= 0.3 is 0 Å². The first kappa shape index (κ1) is 18.0. The molecule has 0 N–H and O–H groups in total. The molecule has 3 aromatic rings. The standard InChI is InChI=1S/C19H20N4O3S/c1-24-16-4-2-15(3-5-16)23-18(14-6-9-20-10-7-14)21-22-19(23)27-12-17-8-11-25-13-26-17/h2-7,9-10,17H,8,11-13H2,1H3. The lowest BCUT2D eigenvalue weighted by molar-refractivity contribution is -0.130. The number of aromatic nitrogens is 4. The molecule has 0 radical (unpaired) electrons. The first-order chi connectivity index (χ1) is 13.3. The topological polar surface area (TPSA) is 71.3 Å². The van der Waals surface area contributed by atoms with Gasteiger partial charge in [0.05, 0.1) is 19.8 Å². The van der Waals surface area contributed by atoms with E-state index in [1.807, 2.05) is 36.4 Å². The number of ether oxygens (including phenoxy) is 3. The molecular formula is C19H20N4O3S. The summed E-state index contributed by atoms with van der Waals surface area (Å²) in [5.74, 6) is 2.38. The van der Waals surface area contributed by atoms with Crippen LogP contribution in [-0.4, -0.2) is 52.1 Å². The van der Waals surface area contributed by atoms with E-state index in [2.05, 4.69) is 19.7 Å². The molecule has 0 saturated carbocycles. The molecule has 1 aliphatic rings.